The van der Waals surface area contributed by atoms with E-state index in [2.05, 4.69) is 10.4 Å². The third-order valence-electron chi connectivity index (χ3n) is 6.18. The van der Waals surface area contributed by atoms with E-state index in [1.54, 1.807) is 54.5 Å². The maximum Gasteiger partial charge on any atom is 0.337 e. The molecule has 0 radical (unpaired) electrons. The maximum absolute atomic E-state index is 13.2. The molecule has 8 heteroatoms. The van der Waals surface area contributed by atoms with Gasteiger partial charge < -0.3 is 19.6 Å². The second-order valence-electron chi connectivity index (χ2n) is 8.80. The molecule has 2 aromatic heterocycles. The first-order chi connectivity index (χ1) is 17.8. The van der Waals surface area contributed by atoms with E-state index in [-0.39, 0.29) is 17.0 Å². The number of hydrogen-bond donors (Lipinski definition) is 2. The summed E-state index contributed by atoms with van der Waals surface area (Å²) in [6, 6.07) is 19.1. The minimum absolute atomic E-state index is 0.165. The number of para-hydroxylation sites is 1. The fraction of sp³-hybridized carbons (Fsp3) is 0.138. The van der Waals surface area contributed by atoms with Crippen molar-refractivity contribution < 1.29 is 19.1 Å². The van der Waals surface area contributed by atoms with Crippen molar-refractivity contribution in [3.05, 3.63) is 106 Å². The van der Waals surface area contributed by atoms with Crippen LogP contribution in [-0.4, -0.2) is 28.0 Å². The normalized spacial score (nSPS) is 11.9. The molecule has 5 aromatic rings. The van der Waals surface area contributed by atoms with Crippen LogP contribution in [0, 0.1) is 6.92 Å². The summed E-state index contributed by atoms with van der Waals surface area (Å²) in [6.45, 7) is 3.81. The number of nitrogens with zero attached hydrogens (tertiary/aromatic N) is 2. The second-order valence-corrected chi connectivity index (χ2v) is 8.80. The number of methoxy groups -OCH3 is 1. The lowest BCUT2D eigenvalue weighted by Crippen LogP contribution is -2.12. The topological polar surface area (TPSA) is 107 Å². The summed E-state index contributed by atoms with van der Waals surface area (Å²) in [5.74, 6) is 0.0684. The maximum atomic E-state index is 13.2. The fourth-order valence-corrected chi connectivity index (χ4v) is 4.35. The van der Waals surface area contributed by atoms with Crippen LogP contribution in [0.4, 0.5) is 5.69 Å². The SMILES string of the molecule is COc1cccc(-n2cc(-c3cc(=O)c4cc(C)cc(C(C)Nc5ccccc5C(=O)O)c4o3)cn2)c1. The third-order valence-corrected chi connectivity index (χ3v) is 6.18. The van der Waals surface area contributed by atoms with Crippen molar-refractivity contribution in [1.82, 2.24) is 9.78 Å². The van der Waals surface area contributed by atoms with Gasteiger partial charge in [-0.3, -0.25) is 4.79 Å². The Hall–Kier alpha value is -4.85. The van der Waals surface area contributed by atoms with Crippen LogP contribution in [0.1, 0.15) is 34.5 Å². The molecule has 0 fully saturated rings. The zero-order valence-corrected chi connectivity index (χ0v) is 20.6. The highest BCUT2D eigenvalue weighted by Gasteiger charge is 2.19. The molecule has 0 aliphatic heterocycles. The molecule has 1 unspecified atom stereocenters. The lowest BCUT2D eigenvalue weighted by Gasteiger charge is -2.19. The van der Waals surface area contributed by atoms with Crippen molar-refractivity contribution in [2.24, 2.45) is 0 Å². The molecule has 0 saturated carbocycles. The summed E-state index contributed by atoms with van der Waals surface area (Å²) in [5.41, 5.74) is 4.00. The standard InChI is InChI=1S/C29H25N3O5/c1-17-11-23(18(2)31-25-10-5-4-9-22(25)29(34)35)28-24(12-17)26(33)14-27(37-28)19-15-30-32(16-19)20-7-6-8-21(13-20)36-3/h4-16,18,31H,1-3H3,(H,34,35). The van der Waals surface area contributed by atoms with Crippen LogP contribution in [-0.2, 0) is 0 Å². The van der Waals surface area contributed by atoms with E-state index in [9.17, 15) is 14.7 Å². The Labute approximate surface area is 212 Å². The summed E-state index contributed by atoms with van der Waals surface area (Å²) in [6.07, 6.45) is 3.43. The van der Waals surface area contributed by atoms with Crippen LogP contribution in [0.3, 0.4) is 0 Å². The molecule has 0 amide bonds. The number of nitrogens with one attached hydrogen (secondary N) is 1. The van der Waals surface area contributed by atoms with Crippen LogP contribution in [0.25, 0.3) is 28.0 Å². The number of hydrogen-bond acceptors (Lipinski definition) is 6. The zero-order valence-electron chi connectivity index (χ0n) is 20.6. The van der Waals surface area contributed by atoms with Crippen LogP contribution in [0.15, 0.2) is 88.3 Å². The molecule has 0 spiro atoms. The van der Waals surface area contributed by atoms with Gasteiger partial charge in [0, 0.05) is 29.6 Å². The van der Waals surface area contributed by atoms with Crippen molar-refractivity contribution >= 4 is 22.6 Å². The molecular formula is C29H25N3O5. The largest absolute Gasteiger partial charge is 0.497 e. The summed E-state index contributed by atoms with van der Waals surface area (Å²) in [5, 5.41) is 17.7. The minimum Gasteiger partial charge on any atom is -0.497 e. The van der Waals surface area contributed by atoms with Crippen molar-refractivity contribution in [2.45, 2.75) is 19.9 Å². The molecule has 0 saturated heterocycles. The summed E-state index contributed by atoms with van der Waals surface area (Å²) in [7, 11) is 1.60. The van der Waals surface area contributed by atoms with E-state index in [0.717, 1.165) is 16.8 Å². The number of benzene rings is 3. The lowest BCUT2D eigenvalue weighted by atomic mass is 10.0. The molecule has 0 aliphatic carbocycles. The molecular weight excluding hydrogens is 470 g/mol. The Morgan fingerprint density at radius 3 is 2.70 bits per heavy atom. The van der Waals surface area contributed by atoms with Gasteiger partial charge in [0.1, 0.15) is 17.1 Å². The number of ether oxygens (including phenoxy) is 1. The summed E-state index contributed by atoms with van der Waals surface area (Å²) >= 11 is 0. The van der Waals surface area contributed by atoms with Gasteiger partial charge in [-0.2, -0.15) is 5.10 Å². The van der Waals surface area contributed by atoms with Crippen LogP contribution in [0.2, 0.25) is 0 Å². The smallest absolute Gasteiger partial charge is 0.337 e. The minimum atomic E-state index is -1.02. The highest BCUT2D eigenvalue weighted by molar-refractivity contribution is 5.94. The molecule has 0 bridgehead atoms. The Bertz CT molecular complexity index is 1690. The van der Waals surface area contributed by atoms with E-state index in [1.165, 1.54) is 6.07 Å². The predicted molar refractivity (Wildman–Crippen MR) is 142 cm³/mol. The molecule has 186 valence electrons. The number of carboxylic acids is 1. The second kappa shape index (κ2) is 9.66. The van der Waals surface area contributed by atoms with Gasteiger partial charge >= 0.3 is 5.97 Å². The molecule has 1 atom stereocenters. The number of aryl methyl sites for hydroxylation is 1. The first-order valence-electron chi connectivity index (χ1n) is 11.7. The van der Waals surface area contributed by atoms with Crippen molar-refractivity contribution in [3.63, 3.8) is 0 Å². The predicted octanol–water partition coefficient (Wildman–Crippen LogP) is 5.83. The molecule has 37 heavy (non-hydrogen) atoms. The van der Waals surface area contributed by atoms with Crippen molar-refractivity contribution in [1.29, 1.82) is 0 Å². The van der Waals surface area contributed by atoms with Gasteiger partial charge in [-0.15, -0.1) is 0 Å². The first kappa shape index (κ1) is 23.9. The average Bonchev–Trinajstić information content (AvgIpc) is 3.39. The molecule has 0 aliphatic rings. The van der Waals surface area contributed by atoms with Gasteiger partial charge in [0.05, 0.1) is 41.5 Å². The first-order valence-corrected chi connectivity index (χ1v) is 11.7. The quantitative estimate of drug-likeness (QED) is 0.292. The highest BCUT2D eigenvalue weighted by atomic mass is 16.5. The number of anilines is 1. The van der Waals surface area contributed by atoms with Crippen LogP contribution < -0.4 is 15.5 Å². The number of rotatable bonds is 7. The Balaban J connectivity index is 1.57. The number of carbonyl (C=O) groups is 1. The van der Waals surface area contributed by atoms with Crippen molar-refractivity contribution in [3.8, 4) is 22.8 Å². The Kier molecular flexibility index (Phi) is 6.23. The number of fused-ring (bicyclic) bond motifs is 1. The molecule has 5 rings (SSSR count). The average molecular weight is 496 g/mol. The molecule has 3 aromatic carbocycles. The lowest BCUT2D eigenvalue weighted by molar-refractivity contribution is 0.0698. The summed E-state index contributed by atoms with van der Waals surface area (Å²) in [4.78, 5) is 24.8. The molecule has 2 N–H and O–H groups in total. The van der Waals surface area contributed by atoms with Crippen molar-refractivity contribution in [2.75, 3.05) is 12.4 Å². The summed E-state index contributed by atoms with van der Waals surface area (Å²) < 4.78 is 13.3. The molecule has 8 nitrogen and oxygen atoms in total. The van der Waals surface area contributed by atoms with Gasteiger partial charge in [0.2, 0.25) is 0 Å². The number of aromatic nitrogens is 2. The zero-order chi connectivity index (χ0) is 26.1. The van der Waals surface area contributed by atoms with Gasteiger partial charge in [0.25, 0.3) is 0 Å². The van der Waals surface area contributed by atoms with Gasteiger partial charge in [0.15, 0.2) is 5.43 Å². The molecule has 2 heterocycles. The third kappa shape index (κ3) is 4.69. The monoisotopic (exact) mass is 495 g/mol. The Morgan fingerprint density at radius 2 is 1.92 bits per heavy atom. The Morgan fingerprint density at radius 1 is 1.11 bits per heavy atom. The highest BCUT2D eigenvalue weighted by Crippen LogP contribution is 2.31. The van der Waals surface area contributed by atoms with Crippen LogP contribution >= 0.6 is 0 Å². The van der Waals surface area contributed by atoms with Gasteiger partial charge in [-0.1, -0.05) is 24.3 Å². The number of carboxylic acid groups (broad SMARTS) is 1. The number of aromatic carboxylic acids is 1. The van der Waals surface area contributed by atoms with E-state index in [4.69, 9.17) is 9.15 Å². The fourth-order valence-electron chi connectivity index (χ4n) is 4.35. The van der Waals surface area contributed by atoms with E-state index in [1.807, 2.05) is 44.2 Å². The van der Waals surface area contributed by atoms with Gasteiger partial charge in [-0.25, -0.2) is 9.48 Å². The van der Waals surface area contributed by atoms with Crippen LogP contribution in [0.5, 0.6) is 5.75 Å². The van der Waals surface area contributed by atoms with E-state index < -0.39 is 5.97 Å². The van der Waals surface area contributed by atoms with Gasteiger partial charge in [-0.05, 0) is 49.7 Å². The van der Waals surface area contributed by atoms with E-state index >= 15 is 0 Å². The van der Waals surface area contributed by atoms with E-state index in [0.29, 0.717) is 33.7 Å².